The monoisotopic (exact) mass is 196 g/mol. The molecule has 1 aliphatic rings. The highest BCUT2D eigenvalue weighted by atomic mass is 16.2. The molecule has 1 saturated heterocycles. The average Bonchev–Trinajstić information content (AvgIpc) is 2.18. The lowest BCUT2D eigenvalue weighted by Gasteiger charge is -2.33. The Balaban J connectivity index is 2.43. The second-order valence-electron chi connectivity index (χ2n) is 3.33. The van der Waals surface area contributed by atoms with E-state index in [4.69, 9.17) is 0 Å². The molecule has 2 amide bonds. The van der Waals surface area contributed by atoms with Gasteiger partial charge in [0.1, 0.15) is 0 Å². The molecule has 14 heavy (non-hydrogen) atoms. The van der Waals surface area contributed by atoms with Crippen LogP contribution in [-0.2, 0) is 9.59 Å². The molecule has 0 bridgehead atoms. The third kappa shape index (κ3) is 2.58. The van der Waals surface area contributed by atoms with Crippen LogP contribution < -0.4 is 0 Å². The van der Waals surface area contributed by atoms with Crippen molar-refractivity contribution in [3.63, 3.8) is 0 Å². The fourth-order valence-electron chi connectivity index (χ4n) is 1.49. The van der Waals surface area contributed by atoms with E-state index >= 15 is 0 Å². The molecule has 0 unspecified atom stereocenters. The maximum atomic E-state index is 11.4. The number of carbonyl (C=O) groups is 2. The minimum Gasteiger partial charge on any atom is -0.339 e. The van der Waals surface area contributed by atoms with Crippen molar-refractivity contribution in [2.45, 2.75) is 13.8 Å². The Hall–Kier alpha value is -1.32. The number of hydrogen-bond donors (Lipinski definition) is 0. The molecule has 0 radical (unpaired) electrons. The second-order valence-corrected chi connectivity index (χ2v) is 3.33. The van der Waals surface area contributed by atoms with Crippen LogP contribution in [-0.4, -0.2) is 47.8 Å². The van der Waals surface area contributed by atoms with Crippen LogP contribution in [0.15, 0.2) is 12.2 Å². The van der Waals surface area contributed by atoms with Gasteiger partial charge in [0.05, 0.1) is 0 Å². The third-order valence-corrected chi connectivity index (χ3v) is 2.35. The lowest BCUT2D eigenvalue weighted by atomic mass is 10.3. The Labute approximate surface area is 84.2 Å². The van der Waals surface area contributed by atoms with Crippen LogP contribution in [0.1, 0.15) is 13.8 Å². The van der Waals surface area contributed by atoms with Gasteiger partial charge in [0.2, 0.25) is 11.8 Å². The molecular weight excluding hydrogens is 180 g/mol. The van der Waals surface area contributed by atoms with Crippen LogP contribution in [0, 0.1) is 0 Å². The fraction of sp³-hybridized carbons (Fsp3) is 0.600. The smallest absolute Gasteiger partial charge is 0.246 e. The lowest BCUT2D eigenvalue weighted by molar-refractivity contribution is -0.135. The number of hydrogen-bond acceptors (Lipinski definition) is 2. The number of carbonyl (C=O) groups excluding carboxylic acids is 2. The van der Waals surface area contributed by atoms with Gasteiger partial charge in [-0.25, -0.2) is 0 Å². The summed E-state index contributed by atoms with van der Waals surface area (Å²) in [4.78, 5) is 25.9. The molecule has 1 aliphatic heterocycles. The van der Waals surface area contributed by atoms with Crippen LogP contribution >= 0.6 is 0 Å². The Morgan fingerprint density at radius 2 is 1.57 bits per heavy atom. The molecular formula is C10H16N2O2. The topological polar surface area (TPSA) is 40.6 Å². The Bertz CT molecular complexity index is 253. The highest BCUT2D eigenvalue weighted by Crippen LogP contribution is 2.02. The van der Waals surface area contributed by atoms with Crippen LogP contribution in [0.2, 0.25) is 0 Å². The van der Waals surface area contributed by atoms with Crippen LogP contribution in [0.25, 0.3) is 0 Å². The van der Waals surface area contributed by atoms with Gasteiger partial charge in [-0.3, -0.25) is 9.59 Å². The van der Waals surface area contributed by atoms with Crippen molar-refractivity contribution < 1.29 is 9.59 Å². The predicted octanol–water partition coefficient (Wildman–Crippen LogP) is 0.253. The second kappa shape index (κ2) is 4.79. The van der Waals surface area contributed by atoms with E-state index in [2.05, 4.69) is 0 Å². The average molecular weight is 196 g/mol. The summed E-state index contributed by atoms with van der Waals surface area (Å²) >= 11 is 0. The molecule has 0 N–H and O–H groups in total. The molecule has 1 rings (SSSR count). The van der Waals surface area contributed by atoms with Crippen molar-refractivity contribution >= 4 is 11.8 Å². The van der Waals surface area contributed by atoms with Gasteiger partial charge in [-0.05, 0) is 13.0 Å². The SMILES string of the molecule is C/C=C/C(=O)N1CCN(C(C)=O)CC1. The van der Waals surface area contributed by atoms with Crippen LogP contribution in [0.5, 0.6) is 0 Å². The first-order chi connectivity index (χ1) is 6.65. The normalized spacial score (nSPS) is 17.6. The minimum absolute atomic E-state index is 0.0377. The molecule has 4 heteroatoms. The molecule has 0 aromatic rings. The van der Waals surface area contributed by atoms with E-state index in [-0.39, 0.29) is 11.8 Å². The zero-order valence-electron chi connectivity index (χ0n) is 8.69. The summed E-state index contributed by atoms with van der Waals surface area (Å²) in [7, 11) is 0. The van der Waals surface area contributed by atoms with E-state index in [1.807, 2.05) is 6.92 Å². The molecule has 0 aromatic carbocycles. The lowest BCUT2D eigenvalue weighted by Crippen LogP contribution is -2.49. The molecule has 0 aliphatic carbocycles. The summed E-state index contributed by atoms with van der Waals surface area (Å²) in [6, 6.07) is 0. The van der Waals surface area contributed by atoms with Crippen molar-refractivity contribution in [2.75, 3.05) is 26.2 Å². The van der Waals surface area contributed by atoms with Crippen molar-refractivity contribution in [1.29, 1.82) is 0 Å². The summed E-state index contributed by atoms with van der Waals surface area (Å²) in [6.45, 7) is 5.97. The maximum absolute atomic E-state index is 11.4. The largest absolute Gasteiger partial charge is 0.339 e. The van der Waals surface area contributed by atoms with E-state index in [0.29, 0.717) is 26.2 Å². The van der Waals surface area contributed by atoms with E-state index in [0.717, 1.165) is 0 Å². The molecule has 0 atom stereocenters. The van der Waals surface area contributed by atoms with Gasteiger partial charge in [-0.1, -0.05) is 6.08 Å². The molecule has 4 nitrogen and oxygen atoms in total. The predicted molar refractivity (Wildman–Crippen MR) is 53.6 cm³/mol. The highest BCUT2D eigenvalue weighted by molar-refractivity contribution is 5.87. The summed E-state index contributed by atoms with van der Waals surface area (Å²) in [5, 5.41) is 0. The fourth-order valence-corrected chi connectivity index (χ4v) is 1.49. The van der Waals surface area contributed by atoms with Gasteiger partial charge in [0.15, 0.2) is 0 Å². The van der Waals surface area contributed by atoms with Gasteiger partial charge in [-0.15, -0.1) is 0 Å². The van der Waals surface area contributed by atoms with E-state index in [1.165, 1.54) is 0 Å². The zero-order chi connectivity index (χ0) is 10.6. The van der Waals surface area contributed by atoms with Gasteiger partial charge >= 0.3 is 0 Å². The zero-order valence-corrected chi connectivity index (χ0v) is 8.69. The van der Waals surface area contributed by atoms with E-state index in [1.54, 1.807) is 28.9 Å². The molecule has 0 aromatic heterocycles. The Morgan fingerprint density at radius 1 is 1.07 bits per heavy atom. The van der Waals surface area contributed by atoms with Gasteiger partial charge in [-0.2, -0.15) is 0 Å². The Morgan fingerprint density at radius 3 is 2.00 bits per heavy atom. The number of amides is 2. The molecule has 1 heterocycles. The maximum Gasteiger partial charge on any atom is 0.246 e. The minimum atomic E-state index is 0.0377. The van der Waals surface area contributed by atoms with Crippen molar-refractivity contribution in [2.24, 2.45) is 0 Å². The van der Waals surface area contributed by atoms with E-state index in [9.17, 15) is 9.59 Å². The third-order valence-electron chi connectivity index (χ3n) is 2.35. The summed E-state index contributed by atoms with van der Waals surface area (Å²) < 4.78 is 0. The number of nitrogens with zero attached hydrogens (tertiary/aromatic N) is 2. The first-order valence-corrected chi connectivity index (χ1v) is 4.82. The summed E-state index contributed by atoms with van der Waals surface area (Å²) in [6.07, 6.45) is 3.29. The molecule has 78 valence electrons. The van der Waals surface area contributed by atoms with Crippen molar-refractivity contribution in [3.05, 3.63) is 12.2 Å². The number of allylic oxidation sites excluding steroid dienone is 1. The first-order valence-electron chi connectivity index (χ1n) is 4.82. The molecule has 0 saturated carbocycles. The molecule has 1 fully saturated rings. The quantitative estimate of drug-likeness (QED) is 0.564. The number of rotatable bonds is 1. The highest BCUT2D eigenvalue weighted by Gasteiger charge is 2.20. The van der Waals surface area contributed by atoms with Gasteiger partial charge < -0.3 is 9.80 Å². The van der Waals surface area contributed by atoms with Gasteiger partial charge in [0.25, 0.3) is 0 Å². The van der Waals surface area contributed by atoms with Crippen molar-refractivity contribution in [1.82, 2.24) is 9.80 Å². The first kappa shape index (κ1) is 10.8. The molecule has 0 spiro atoms. The summed E-state index contributed by atoms with van der Waals surface area (Å²) in [5.74, 6) is 0.124. The summed E-state index contributed by atoms with van der Waals surface area (Å²) in [5.41, 5.74) is 0. The number of piperazine rings is 1. The Kier molecular flexibility index (Phi) is 3.68. The van der Waals surface area contributed by atoms with Crippen molar-refractivity contribution in [3.8, 4) is 0 Å². The standard InChI is InChI=1S/C10H16N2O2/c1-3-4-10(14)12-7-5-11(6-8-12)9(2)13/h3-4H,5-8H2,1-2H3/b4-3+. The van der Waals surface area contributed by atoms with Crippen LogP contribution in [0.4, 0.5) is 0 Å². The van der Waals surface area contributed by atoms with Gasteiger partial charge in [0, 0.05) is 33.1 Å². The van der Waals surface area contributed by atoms with Crippen LogP contribution in [0.3, 0.4) is 0 Å². The van der Waals surface area contributed by atoms with E-state index < -0.39 is 0 Å².